The summed E-state index contributed by atoms with van der Waals surface area (Å²) in [5, 5.41) is 10.9. The first-order valence-corrected chi connectivity index (χ1v) is 7.83. The monoisotopic (exact) mass is 354 g/mol. The van der Waals surface area contributed by atoms with Gasteiger partial charge in [0.25, 0.3) is 5.91 Å². The van der Waals surface area contributed by atoms with E-state index in [4.69, 9.17) is 11.6 Å². The van der Waals surface area contributed by atoms with Crippen LogP contribution in [0.4, 0.5) is 0 Å². The highest BCUT2D eigenvalue weighted by Crippen LogP contribution is 2.26. The highest BCUT2D eigenvalue weighted by atomic mass is 35.5. The molecule has 1 aromatic heterocycles. The summed E-state index contributed by atoms with van der Waals surface area (Å²) in [6.45, 7) is 1.52. The zero-order valence-corrected chi connectivity index (χ0v) is 14.5. The van der Waals surface area contributed by atoms with Crippen LogP contribution in [-0.4, -0.2) is 47.2 Å². The van der Waals surface area contributed by atoms with Gasteiger partial charge in [0.05, 0.1) is 10.7 Å². The summed E-state index contributed by atoms with van der Waals surface area (Å²) in [5.74, 6) is -0.00856. The molecule has 0 saturated carbocycles. The lowest BCUT2D eigenvalue weighted by Gasteiger charge is -2.32. The van der Waals surface area contributed by atoms with Crippen molar-refractivity contribution in [3.8, 4) is 11.3 Å². The number of nitrogens with zero attached hydrogens (tertiary/aromatic N) is 2. The first kappa shape index (κ1) is 17.8. The van der Waals surface area contributed by atoms with E-state index in [0.717, 1.165) is 31.5 Å². The molecule has 1 aliphatic rings. The Morgan fingerprint density at radius 2 is 2.22 bits per heavy atom. The SMILES string of the molecule is CNC1CCCN(C(=O)c2cc(-c3ccccc3Cl)n[nH]2)C1.Cl. The van der Waals surface area contributed by atoms with Crippen molar-refractivity contribution in [3.63, 3.8) is 0 Å². The minimum Gasteiger partial charge on any atom is -0.336 e. The maximum Gasteiger partial charge on any atom is 0.271 e. The van der Waals surface area contributed by atoms with Crippen LogP contribution in [-0.2, 0) is 0 Å². The summed E-state index contributed by atoms with van der Waals surface area (Å²) >= 11 is 6.18. The topological polar surface area (TPSA) is 61.0 Å². The number of aromatic amines is 1. The molecule has 1 saturated heterocycles. The Kier molecular flexibility index (Phi) is 6.04. The molecule has 124 valence electrons. The van der Waals surface area contributed by atoms with Crippen LogP contribution in [0.1, 0.15) is 23.3 Å². The van der Waals surface area contributed by atoms with Crippen molar-refractivity contribution in [3.05, 3.63) is 41.0 Å². The maximum atomic E-state index is 12.6. The average Bonchev–Trinajstić information content (AvgIpc) is 3.04. The molecule has 1 atom stereocenters. The number of carbonyl (C=O) groups is 1. The Labute approximate surface area is 146 Å². The number of hydrogen-bond acceptors (Lipinski definition) is 3. The predicted molar refractivity (Wildman–Crippen MR) is 94.3 cm³/mol. The zero-order chi connectivity index (χ0) is 15.5. The molecule has 7 heteroatoms. The van der Waals surface area contributed by atoms with Crippen LogP contribution in [0.2, 0.25) is 5.02 Å². The highest BCUT2D eigenvalue weighted by molar-refractivity contribution is 6.33. The molecule has 2 aromatic rings. The van der Waals surface area contributed by atoms with Gasteiger partial charge >= 0.3 is 0 Å². The number of amides is 1. The number of carbonyl (C=O) groups excluding carboxylic acids is 1. The molecule has 0 spiro atoms. The predicted octanol–water partition coefficient (Wildman–Crippen LogP) is 2.98. The summed E-state index contributed by atoms with van der Waals surface area (Å²) in [4.78, 5) is 14.5. The van der Waals surface area contributed by atoms with E-state index in [-0.39, 0.29) is 18.3 Å². The Bertz CT molecular complexity index is 674. The molecule has 0 bridgehead atoms. The maximum absolute atomic E-state index is 12.6. The Balaban J connectivity index is 0.00000192. The van der Waals surface area contributed by atoms with E-state index in [9.17, 15) is 4.79 Å². The van der Waals surface area contributed by atoms with Gasteiger partial charge in [-0.05, 0) is 32.0 Å². The van der Waals surface area contributed by atoms with Crippen molar-refractivity contribution in [1.82, 2.24) is 20.4 Å². The first-order chi connectivity index (χ1) is 10.7. The molecular weight excluding hydrogens is 335 g/mol. The fourth-order valence-electron chi connectivity index (χ4n) is 2.81. The fourth-order valence-corrected chi connectivity index (χ4v) is 3.04. The van der Waals surface area contributed by atoms with E-state index in [1.165, 1.54) is 0 Å². The molecule has 1 unspecified atom stereocenters. The van der Waals surface area contributed by atoms with E-state index in [1.807, 2.05) is 36.2 Å². The number of halogens is 2. The number of likely N-dealkylation sites (N-methyl/N-ethyl adjacent to an activating group) is 1. The van der Waals surface area contributed by atoms with E-state index >= 15 is 0 Å². The molecule has 1 fully saturated rings. The number of rotatable bonds is 3. The van der Waals surface area contributed by atoms with Gasteiger partial charge in [-0.25, -0.2) is 0 Å². The number of benzene rings is 1. The Hall–Kier alpha value is -1.56. The second-order valence-electron chi connectivity index (χ2n) is 5.53. The van der Waals surface area contributed by atoms with Gasteiger partial charge in [0.1, 0.15) is 5.69 Å². The van der Waals surface area contributed by atoms with Crippen molar-refractivity contribution < 1.29 is 4.79 Å². The smallest absolute Gasteiger partial charge is 0.271 e. The van der Waals surface area contributed by atoms with Crippen molar-refractivity contribution in [2.45, 2.75) is 18.9 Å². The van der Waals surface area contributed by atoms with Gasteiger partial charge in [0.15, 0.2) is 0 Å². The van der Waals surface area contributed by atoms with Gasteiger partial charge in [-0.3, -0.25) is 9.89 Å². The number of likely N-dealkylation sites (tertiary alicyclic amines) is 1. The lowest BCUT2D eigenvalue weighted by Crippen LogP contribution is -2.47. The fraction of sp³-hybridized carbons (Fsp3) is 0.375. The third-order valence-electron chi connectivity index (χ3n) is 4.07. The van der Waals surface area contributed by atoms with Crippen LogP contribution in [0.5, 0.6) is 0 Å². The highest BCUT2D eigenvalue weighted by Gasteiger charge is 2.25. The zero-order valence-electron chi connectivity index (χ0n) is 12.9. The summed E-state index contributed by atoms with van der Waals surface area (Å²) in [6, 6.07) is 9.62. The van der Waals surface area contributed by atoms with E-state index in [1.54, 1.807) is 6.07 Å². The largest absolute Gasteiger partial charge is 0.336 e. The van der Waals surface area contributed by atoms with Crippen molar-refractivity contribution >= 4 is 29.9 Å². The van der Waals surface area contributed by atoms with Gasteiger partial charge in [-0.1, -0.05) is 29.8 Å². The lowest BCUT2D eigenvalue weighted by atomic mass is 10.1. The van der Waals surface area contributed by atoms with Crippen molar-refractivity contribution in [2.75, 3.05) is 20.1 Å². The second kappa shape index (κ2) is 7.81. The van der Waals surface area contributed by atoms with Crippen LogP contribution in [0.15, 0.2) is 30.3 Å². The molecule has 2 heterocycles. The minimum absolute atomic E-state index is 0. The lowest BCUT2D eigenvalue weighted by molar-refractivity contribution is 0.0692. The molecule has 1 amide bonds. The van der Waals surface area contributed by atoms with Gasteiger partial charge in [0, 0.05) is 24.7 Å². The molecular formula is C16H20Cl2N4O. The van der Waals surface area contributed by atoms with Gasteiger partial charge in [-0.15, -0.1) is 12.4 Å². The first-order valence-electron chi connectivity index (χ1n) is 7.46. The minimum atomic E-state index is -0.00856. The van der Waals surface area contributed by atoms with E-state index < -0.39 is 0 Å². The van der Waals surface area contributed by atoms with Crippen LogP contribution in [0, 0.1) is 0 Å². The number of aromatic nitrogens is 2. The third-order valence-corrected chi connectivity index (χ3v) is 4.40. The standard InChI is InChI=1S/C16H19ClN4O.ClH/c1-18-11-5-4-8-21(10-11)16(22)15-9-14(19-20-15)12-6-2-3-7-13(12)17;/h2-3,6-7,9,11,18H,4-5,8,10H2,1H3,(H,19,20);1H. The van der Waals surface area contributed by atoms with Crippen molar-refractivity contribution in [2.24, 2.45) is 0 Å². The summed E-state index contributed by atoms with van der Waals surface area (Å²) in [7, 11) is 1.93. The summed E-state index contributed by atoms with van der Waals surface area (Å²) < 4.78 is 0. The molecule has 23 heavy (non-hydrogen) atoms. The quantitative estimate of drug-likeness (QED) is 0.890. The Morgan fingerprint density at radius 1 is 1.43 bits per heavy atom. The molecule has 2 N–H and O–H groups in total. The van der Waals surface area contributed by atoms with Gasteiger partial charge < -0.3 is 10.2 Å². The number of piperidine rings is 1. The van der Waals surface area contributed by atoms with E-state index in [0.29, 0.717) is 22.5 Å². The Morgan fingerprint density at radius 3 is 2.96 bits per heavy atom. The van der Waals surface area contributed by atoms with E-state index in [2.05, 4.69) is 15.5 Å². The summed E-state index contributed by atoms with van der Waals surface area (Å²) in [6.07, 6.45) is 2.12. The molecule has 3 rings (SSSR count). The summed E-state index contributed by atoms with van der Waals surface area (Å²) in [5.41, 5.74) is 2.02. The molecule has 1 aliphatic heterocycles. The van der Waals surface area contributed by atoms with Crippen LogP contribution < -0.4 is 5.32 Å². The molecule has 1 aromatic carbocycles. The number of H-pyrrole nitrogens is 1. The average molecular weight is 355 g/mol. The van der Waals surface area contributed by atoms with Crippen molar-refractivity contribution in [1.29, 1.82) is 0 Å². The third kappa shape index (κ3) is 3.86. The normalized spacial score (nSPS) is 17.7. The van der Waals surface area contributed by atoms with Crippen LogP contribution in [0.25, 0.3) is 11.3 Å². The number of nitrogens with one attached hydrogen (secondary N) is 2. The van der Waals surface area contributed by atoms with Gasteiger partial charge in [0.2, 0.25) is 0 Å². The molecule has 0 aliphatic carbocycles. The molecule has 5 nitrogen and oxygen atoms in total. The number of hydrogen-bond donors (Lipinski definition) is 2. The molecule has 0 radical (unpaired) electrons. The second-order valence-corrected chi connectivity index (χ2v) is 5.93. The van der Waals surface area contributed by atoms with Crippen LogP contribution in [0.3, 0.4) is 0 Å². The van der Waals surface area contributed by atoms with Crippen LogP contribution >= 0.6 is 24.0 Å². The van der Waals surface area contributed by atoms with Gasteiger partial charge in [-0.2, -0.15) is 5.10 Å².